The van der Waals surface area contributed by atoms with E-state index in [1.807, 2.05) is 0 Å². The minimum absolute atomic E-state index is 0.0946. The summed E-state index contributed by atoms with van der Waals surface area (Å²) in [6.07, 6.45) is 1.96. The van der Waals surface area contributed by atoms with E-state index < -0.39 is 16.1 Å². The molecule has 0 aromatic carbocycles. The first kappa shape index (κ1) is 14.9. The van der Waals surface area contributed by atoms with Crippen molar-refractivity contribution in [2.24, 2.45) is 0 Å². The van der Waals surface area contributed by atoms with Crippen LogP contribution >= 0.6 is 0 Å². The summed E-state index contributed by atoms with van der Waals surface area (Å²) in [5, 5.41) is 8.74. The number of carbonyl (C=O) groups is 1. The van der Waals surface area contributed by atoms with Gasteiger partial charge in [0.1, 0.15) is 0 Å². The molecule has 2 N–H and O–H groups in total. The van der Waals surface area contributed by atoms with E-state index in [9.17, 15) is 13.2 Å². The lowest BCUT2D eigenvalue weighted by Gasteiger charge is -2.02. The Morgan fingerprint density at radius 1 is 1.38 bits per heavy atom. The van der Waals surface area contributed by atoms with Gasteiger partial charge in [-0.2, -0.15) is 8.42 Å². The molecule has 94 valence electrons. The highest BCUT2D eigenvalue weighted by Crippen LogP contribution is 2.09. The Labute approximate surface area is 94.7 Å². The van der Waals surface area contributed by atoms with Crippen molar-refractivity contribution >= 4 is 16.1 Å². The highest BCUT2D eigenvalue weighted by Gasteiger charge is 2.09. The fraction of sp³-hybridized carbons (Fsp3) is 0.667. The normalized spacial score (nSPS) is 12.5. The average molecular weight is 252 g/mol. The van der Waals surface area contributed by atoms with Crippen LogP contribution in [-0.4, -0.2) is 36.4 Å². The van der Waals surface area contributed by atoms with Gasteiger partial charge in [0, 0.05) is 0 Å². The van der Waals surface area contributed by atoms with Crippen molar-refractivity contribution in [3.8, 4) is 0 Å². The van der Waals surface area contributed by atoms with E-state index >= 15 is 0 Å². The van der Waals surface area contributed by atoms with E-state index in [-0.39, 0.29) is 24.2 Å². The molecule has 0 heterocycles. The van der Waals surface area contributed by atoms with Crippen LogP contribution in [0.15, 0.2) is 11.8 Å². The number of ether oxygens (including phenoxy) is 1. The van der Waals surface area contributed by atoms with E-state index in [4.69, 9.17) is 14.4 Å². The molecule has 0 rings (SSSR count). The minimum atomic E-state index is -3.96. The Bertz CT molecular complexity index is 343. The van der Waals surface area contributed by atoms with Crippen molar-refractivity contribution in [3.05, 3.63) is 11.8 Å². The number of aliphatic carboxylic acids is 1. The molecule has 0 saturated heterocycles. The van der Waals surface area contributed by atoms with Crippen LogP contribution in [0.1, 0.15) is 26.2 Å². The van der Waals surface area contributed by atoms with Crippen LogP contribution < -0.4 is 0 Å². The molecule has 0 atom stereocenters. The molecule has 16 heavy (non-hydrogen) atoms. The van der Waals surface area contributed by atoms with Crippen LogP contribution in [0.25, 0.3) is 0 Å². The van der Waals surface area contributed by atoms with E-state index in [2.05, 4.69) is 0 Å². The molecule has 0 bridgehead atoms. The minimum Gasteiger partial charge on any atom is -0.501 e. The summed E-state index contributed by atoms with van der Waals surface area (Å²) in [5.74, 6) is -1.44. The van der Waals surface area contributed by atoms with Gasteiger partial charge in [-0.1, -0.05) is 0 Å². The van der Waals surface area contributed by atoms with E-state index in [0.717, 1.165) is 6.26 Å². The van der Waals surface area contributed by atoms with Gasteiger partial charge in [0.05, 0.1) is 24.2 Å². The van der Waals surface area contributed by atoms with Crippen molar-refractivity contribution in [3.63, 3.8) is 0 Å². The summed E-state index contributed by atoms with van der Waals surface area (Å²) in [5.41, 5.74) is 0.0946. The van der Waals surface area contributed by atoms with Crippen LogP contribution in [0.5, 0.6) is 0 Å². The highest BCUT2D eigenvalue weighted by molar-refractivity contribution is 7.85. The second kappa shape index (κ2) is 7.24. The van der Waals surface area contributed by atoms with Crippen LogP contribution in [0.2, 0.25) is 0 Å². The standard InChI is InChI=1S/C9H16O6S/c1-2-15-7-8(9(10)11)5-3-4-6-16(12,13)14/h7H,2-6H2,1H3,(H,10,11)(H,12,13,14). The molecule has 0 aliphatic heterocycles. The van der Waals surface area contributed by atoms with Gasteiger partial charge < -0.3 is 9.84 Å². The lowest BCUT2D eigenvalue weighted by Crippen LogP contribution is -2.05. The fourth-order valence-electron chi connectivity index (χ4n) is 1.00. The summed E-state index contributed by atoms with van der Waals surface area (Å²) in [4.78, 5) is 10.7. The quantitative estimate of drug-likeness (QED) is 0.290. The molecule has 0 aliphatic rings. The molecular formula is C9H16O6S. The largest absolute Gasteiger partial charge is 0.501 e. The van der Waals surface area contributed by atoms with Crippen molar-refractivity contribution in [2.45, 2.75) is 26.2 Å². The molecule has 7 heteroatoms. The van der Waals surface area contributed by atoms with Crippen LogP contribution in [0.3, 0.4) is 0 Å². The van der Waals surface area contributed by atoms with E-state index in [0.29, 0.717) is 13.0 Å². The summed E-state index contributed by atoms with van der Waals surface area (Å²) >= 11 is 0. The van der Waals surface area contributed by atoms with Gasteiger partial charge in [0.2, 0.25) is 0 Å². The fourth-order valence-corrected chi connectivity index (χ4v) is 1.57. The number of carboxylic acid groups (broad SMARTS) is 1. The van der Waals surface area contributed by atoms with Gasteiger partial charge in [-0.15, -0.1) is 0 Å². The van der Waals surface area contributed by atoms with E-state index in [1.54, 1.807) is 6.92 Å². The summed E-state index contributed by atoms with van der Waals surface area (Å²) in [6.45, 7) is 2.11. The zero-order chi connectivity index (χ0) is 12.6. The molecular weight excluding hydrogens is 236 g/mol. The number of hydrogen-bond acceptors (Lipinski definition) is 4. The molecule has 0 saturated carbocycles. The van der Waals surface area contributed by atoms with Crippen LogP contribution in [0, 0.1) is 0 Å². The Hall–Kier alpha value is -1.08. The monoisotopic (exact) mass is 252 g/mol. The first-order valence-corrected chi connectivity index (χ1v) is 6.47. The van der Waals surface area contributed by atoms with Crippen molar-refractivity contribution in [2.75, 3.05) is 12.4 Å². The number of unbranched alkanes of at least 4 members (excludes halogenated alkanes) is 1. The van der Waals surface area contributed by atoms with Gasteiger partial charge in [-0.25, -0.2) is 4.79 Å². The Morgan fingerprint density at radius 3 is 2.44 bits per heavy atom. The Balaban J connectivity index is 4.00. The second-order valence-electron chi connectivity index (χ2n) is 3.15. The summed E-state index contributed by atoms with van der Waals surface area (Å²) in [7, 11) is -3.96. The zero-order valence-corrected chi connectivity index (χ0v) is 9.87. The Morgan fingerprint density at radius 2 is 2.00 bits per heavy atom. The first-order chi connectivity index (χ1) is 7.37. The zero-order valence-electron chi connectivity index (χ0n) is 9.05. The Kier molecular flexibility index (Phi) is 6.75. The maximum absolute atomic E-state index is 10.7. The molecule has 0 amide bonds. The molecule has 6 nitrogen and oxygen atoms in total. The molecule has 0 unspecified atom stereocenters. The predicted octanol–water partition coefficient (Wildman–Crippen LogP) is 1.05. The first-order valence-electron chi connectivity index (χ1n) is 4.86. The van der Waals surface area contributed by atoms with Crippen molar-refractivity contribution in [1.82, 2.24) is 0 Å². The molecule has 0 spiro atoms. The van der Waals surface area contributed by atoms with Crippen molar-refractivity contribution < 1.29 is 27.6 Å². The lowest BCUT2D eigenvalue weighted by atomic mass is 10.1. The van der Waals surface area contributed by atoms with Gasteiger partial charge in [-0.3, -0.25) is 4.55 Å². The topological polar surface area (TPSA) is 101 Å². The SMILES string of the molecule is CCOC=C(CCCCS(=O)(=O)O)C(=O)O. The van der Waals surface area contributed by atoms with Crippen molar-refractivity contribution in [1.29, 1.82) is 0 Å². The smallest absolute Gasteiger partial charge is 0.334 e. The average Bonchev–Trinajstić information content (AvgIpc) is 2.14. The molecule has 0 aromatic rings. The maximum Gasteiger partial charge on any atom is 0.334 e. The summed E-state index contributed by atoms with van der Waals surface area (Å²) < 4.78 is 34.1. The van der Waals surface area contributed by atoms with E-state index in [1.165, 1.54) is 0 Å². The van der Waals surface area contributed by atoms with Crippen LogP contribution in [-0.2, 0) is 19.6 Å². The van der Waals surface area contributed by atoms with Gasteiger partial charge >= 0.3 is 5.97 Å². The predicted molar refractivity (Wildman–Crippen MR) is 57.6 cm³/mol. The third-order valence-corrected chi connectivity index (χ3v) is 2.57. The van der Waals surface area contributed by atoms with Gasteiger partial charge in [-0.05, 0) is 26.2 Å². The third kappa shape index (κ3) is 8.25. The number of rotatable bonds is 8. The second-order valence-corrected chi connectivity index (χ2v) is 4.72. The lowest BCUT2D eigenvalue weighted by molar-refractivity contribution is -0.133. The van der Waals surface area contributed by atoms with Crippen LogP contribution in [0.4, 0.5) is 0 Å². The molecule has 0 aromatic heterocycles. The third-order valence-electron chi connectivity index (χ3n) is 1.77. The van der Waals surface area contributed by atoms with Gasteiger partial charge in [0.15, 0.2) is 0 Å². The molecule has 0 radical (unpaired) electrons. The maximum atomic E-state index is 10.7. The van der Waals surface area contributed by atoms with Gasteiger partial charge in [0.25, 0.3) is 10.1 Å². The molecule has 0 fully saturated rings. The summed E-state index contributed by atoms with van der Waals surface area (Å²) in [6, 6.07) is 0. The number of carboxylic acids is 1. The highest BCUT2D eigenvalue weighted by atomic mass is 32.2. The number of hydrogen-bond donors (Lipinski definition) is 2. The molecule has 0 aliphatic carbocycles.